The van der Waals surface area contributed by atoms with Crippen molar-refractivity contribution < 1.29 is 18.9 Å². The number of hydrogen-bond donors (Lipinski definition) is 0. The van der Waals surface area contributed by atoms with Crippen LogP contribution in [0.25, 0.3) is 0 Å². The highest BCUT2D eigenvalue weighted by Crippen LogP contribution is 2.40. The first kappa shape index (κ1) is 22.2. The third-order valence-corrected chi connectivity index (χ3v) is 6.03. The average Bonchev–Trinajstić information content (AvgIpc) is 2.74. The van der Waals surface area contributed by atoms with Crippen LogP contribution in [0.1, 0.15) is 49.9 Å². The predicted molar refractivity (Wildman–Crippen MR) is 128 cm³/mol. The summed E-state index contributed by atoms with van der Waals surface area (Å²) in [7, 11) is 6.64. The Morgan fingerprint density at radius 2 is 0.875 bits per heavy atom. The number of benzene rings is 2. The molecule has 0 bridgehead atoms. The molecule has 2 aromatic rings. The first-order valence-corrected chi connectivity index (χ1v) is 10.8. The Kier molecular flexibility index (Phi) is 5.43. The molecule has 0 amide bonds. The lowest BCUT2D eigenvalue weighted by atomic mass is 9.80. The monoisotopic (exact) mass is 436 g/mol. The summed E-state index contributed by atoms with van der Waals surface area (Å²) in [6.07, 6.45) is 1.61. The number of hydrogen-bond acceptors (Lipinski definition) is 6. The van der Waals surface area contributed by atoms with Gasteiger partial charge in [0.1, 0.15) is 0 Å². The summed E-state index contributed by atoms with van der Waals surface area (Å²) in [5.41, 5.74) is 5.60. The lowest BCUT2D eigenvalue weighted by molar-refractivity contribution is 0.353. The molecule has 0 spiro atoms. The predicted octanol–water partition coefficient (Wildman–Crippen LogP) is 4.67. The van der Waals surface area contributed by atoms with Gasteiger partial charge >= 0.3 is 0 Å². The van der Waals surface area contributed by atoms with Gasteiger partial charge in [-0.3, -0.25) is 9.98 Å². The molecule has 0 fully saturated rings. The van der Waals surface area contributed by atoms with E-state index in [2.05, 4.69) is 39.8 Å². The summed E-state index contributed by atoms with van der Waals surface area (Å²) in [6, 6.07) is 8.17. The van der Waals surface area contributed by atoms with Gasteiger partial charge in [-0.15, -0.1) is 0 Å². The van der Waals surface area contributed by atoms with Crippen molar-refractivity contribution in [3.63, 3.8) is 0 Å². The van der Waals surface area contributed by atoms with Gasteiger partial charge in [-0.25, -0.2) is 0 Å². The molecule has 0 saturated carbocycles. The Labute approximate surface area is 190 Å². The summed E-state index contributed by atoms with van der Waals surface area (Å²) < 4.78 is 22.4. The van der Waals surface area contributed by atoms with Crippen LogP contribution in [-0.2, 0) is 12.8 Å². The van der Waals surface area contributed by atoms with Gasteiger partial charge in [-0.1, -0.05) is 0 Å². The van der Waals surface area contributed by atoms with Crippen LogP contribution in [0.2, 0.25) is 0 Å². The molecule has 170 valence electrons. The fourth-order valence-corrected chi connectivity index (χ4v) is 4.67. The van der Waals surface area contributed by atoms with Crippen molar-refractivity contribution in [2.45, 2.75) is 51.6 Å². The van der Waals surface area contributed by atoms with Crippen molar-refractivity contribution in [1.82, 2.24) is 0 Å². The number of nitrogens with zero attached hydrogens (tertiary/aromatic N) is 2. The van der Waals surface area contributed by atoms with E-state index in [1.165, 1.54) is 11.1 Å². The minimum Gasteiger partial charge on any atom is -0.493 e. The van der Waals surface area contributed by atoms with E-state index < -0.39 is 0 Å². The Morgan fingerprint density at radius 1 is 0.562 bits per heavy atom. The highest BCUT2D eigenvalue weighted by molar-refractivity contribution is 6.54. The number of rotatable bonds is 5. The quantitative estimate of drug-likeness (QED) is 0.683. The average molecular weight is 437 g/mol. The maximum Gasteiger partial charge on any atom is 0.161 e. The normalized spacial score (nSPS) is 18.0. The first-order chi connectivity index (χ1) is 15.1. The van der Waals surface area contributed by atoms with Crippen molar-refractivity contribution >= 4 is 11.4 Å². The SMILES string of the molecule is COc1cc2c(cc1OC)C(C1=NC(C)(C)Cc3cc(OC)c(OC)cc31)=NC(C)(C)C2. The molecule has 0 atom stereocenters. The van der Waals surface area contributed by atoms with E-state index in [9.17, 15) is 0 Å². The van der Waals surface area contributed by atoms with Crippen LogP contribution >= 0.6 is 0 Å². The molecule has 0 saturated heterocycles. The maximum atomic E-state index is 5.61. The molecule has 0 N–H and O–H groups in total. The summed E-state index contributed by atoms with van der Waals surface area (Å²) in [5, 5.41) is 0. The smallest absolute Gasteiger partial charge is 0.161 e. The van der Waals surface area contributed by atoms with E-state index in [-0.39, 0.29) is 11.1 Å². The van der Waals surface area contributed by atoms with Crippen molar-refractivity contribution in [3.8, 4) is 23.0 Å². The molecule has 32 heavy (non-hydrogen) atoms. The first-order valence-electron chi connectivity index (χ1n) is 10.8. The number of methoxy groups -OCH3 is 4. The molecule has 4 rings (SSSR count). The molecule has 0 aliphatic carbocycles. The third kappa shape index (κ3) is 3.83. The summed E-state index contributed by atoms with van der Waals surface area (Å²) >= 11 is 0. The minimum absolute atomic E-state index is 0.275. The third-order valence-electron chi connectivity index (χ3n) is 6.03. The molecule has 2 aromatic carbocycles. The topological polar surface area (TPSA) is 61.6 Å². The molecule has 0 radical (unpaired) electrons. The van der Waals surface area contributed by atoms with Gasteiger partial charge in [0, 0.05) is 11.1 Å². The molecule has 2 heterocycles. The van der Waals surface area contributed by atoms with E-state index in [0.717, 1.165) is 46.9 Å². The van der Waals surface area contributed by atoms with Gasteiger partial charge in [0.2, 0.25) is 0 Å². The minimum atomic E-state index is -0.275. The van der Waals surface area contributed by atoms with Crippen molar-refractivity contribution in [3.05, 3.63) is 46.5 Å². The largest absolute Gasteiger partial charge is 0.493 e. The maximum absolute atomic E-state index is 5.61. The van der Waals surface area contributed by atoms with E-state index in [4.69, 9.17) is 28.9 Å². The highest BCUT2D eigenvalue weighted by atomic mass is 16.5. The fourth-order valence-electron chi connectivity index (χ4n) is 4.67. The molecule has 2 aliphatic rings. The highest BCUT2D eigenvalue weighted by Gasteiger charge is 2.36. The zero-order valence-electron chi connectivity index (χ0n) is 20.3. The van der Waals surface area contributed by atoms with Gasteiger partial charge in [0.15, 0.2) is 23.0 Å². The standard InChI is InChI=1S/C26H32N2O4/c1-25(2)13-15-9-19(29-5)21(31-7)11-17(15)23(27-25)24-18-12-22(32-8)20(30-6)10-16(18)14-26(3,4)28-24/h9-12H,13-14H2,1-8H3. The second kappa shape index (κ2) is 7.84. The van der Waals surface area contributed by atoms with Crippen LogP contribution in [0, 0.1) is 0 Å². The Hall–Kier alpha value is -3.02. The Bertz CT molecular complexity index is 1040. The van der Waals surface area contributed by atoms with Crippen LogP contribution < -0.4 is 18.9 Å². The van der Waals surface area contributed by atoms with Gasteiger partial charge < -0.3 is 18.9 Å². The van der Waals surface area contributed by atoms with Crippen LogP contribution in [0.5, 0.6) is 23.0 Å². The fraction of sp³-hybridized carbons (Fsp3) is 0.462. The molecule has 6 heteroatoms. The number of ether oxygens (including phenoxy) is 4. The van der Waals surface area contributed by atoms with E-state index in [1.54, 1.807) is 28.4 Å². The second-order valence-electron chi connectivity index (χ2n) is 9.63. The number of aliphatic imine (C=N–C) groups is 2. The molecule has 0 unspecified atom stereocenters. The Morgan fingerprint density at radius 3 is 1.19 bits per heavy atom. The Balaban J connectivity index is 1.98. The molecular weight excluding hydrogens is 404 g/mol. The summed E-state index contributed by atoms with van der Waals surface area (Å²) in [4.78, 5) is 10.4. The van der Waals surface area contributed by atoms with Crippen LogP contribution in [0.3, 0.4) is 0 Å². The van der Waals surface area contributed by atoms with Crippen molar-refractivity contribution in [1.29, 1.82) is 0 Å². The summed E-state index contributed by atoms with van der Waals surface area (Å²) in [6.45, 7) is 8.60. The second-order valence-corrected chi connectivity index (χ2v) is 9.63. The van der Waals surface area contributed by atoms with Gasteiger partial charge in [-0.2, -0.15) is 0 Å². The lowest BCUT2D eigenvalue weighted by Gasteiger charge is -2.34. The zero-order chi connectivity index (χ0) is 23.3. The van der Waals surface area contributed by atoms with E-state index in [1.807, 2.05) is 12.1 Å². The summed E-state index contributed by atoms with van der Waals surface area (Å²) in [5.74, 6) is 2.81. The molecule has 0 aromatic heterocycles. The lowest BCUT2D eigenvalue weighted by Crippen LogP contribution is -2.37. The van der Waals surface area contributed by atoms with Crippen LogP contribution in [0.15, 0.2) is 34.3 Å². The van der Waals surface area contributed by atoms with Gasteiger partial charge in [0.05, 0.1) is 50.9 Å². The van der Waals surface area contributed by atoms with Gasteiger partial charge in [0.25, 0.3) is 0 Å². The van der Waals surface area contributed by atoms with Crippen LogP contribution in [0.4, 0.5) is 0 Å². The number of fused-ring (bicyclic) bond motifs is 2. The molecule has 6 nitrogen and oxygen atoms in total. The van der Waals surface area contributed by atoms with E-state index in [0.29, 0.717) is 11.5 Å². The molecular formula is C26H32N2O4. The molecule has 2 aliphatic heterocycles. The zero-order valence-corrected chi connectivity index (χ0v) is 20.3. The van der Waals surface area contributed by atoms with Crippen molar-refractivity contribution in [2.75, 3.05) is 28.4 Å². The van der Waals surface area contributed by atoms with Crippen molar-refractivity contribution in [2.24, 2.45) is 9.98 Å². The van der Waals surface area contributed by atoms with Crippen LogP contribution in [-0.4, -0.2) is 50.9 Å². The van der Waals surface area contributed by atoms with E-state index >= 15 is 0 Å². The van der Waals surface area contributed by atoms with Gasteiger partial charge in [-0.05, 0) is 75.9 Å².